The first kappa shape index (κ1) is 22.5. The standard InChI is InChI=1S/C22H21N3O7/c1-4-32-18-11-13(10-17(19(18)26)25(30)31)9-16-20(27)23-22(29)24(21(16)28)15-7-5-14(6-8-15)12(2)3/h5-12,26H,4H2,1-3H3,(H,23,27,29)/p-1/b16-9-. The zero-order valence-corrected chi connectivity index (χ0v) is 17.6. The fourth-order valence-electron chi connectivity index (χ4n) is 3.16. The van der Waals surface area contributed by atoms with Crippen molar-refractivity contribution in [3.05, 3.63) is 63.2 Å². The van der Waals surface area contributed by atoms with Crippen molar-refractivity contribution in [3.8, 4) is 11.5 Å². The lowest BCUT2D eigenvalue weighted by Crippen LogP contribution is -2.54. The van der Waals surface area contributed by atoms with E-state index >= 15 is 0 Å². The zero-order valence-electron chi connectivity index (χ0n) is 17.6. The Morgan fingerprint density at radius 1 is 1.16 bits per heavy atom. The number of hydrogen-bond donors (Lipinski definition) is 1. The lowest BCUT2D eigenvalue weighted by Gasteiger charge is -2.26. The first-order valence-corrected chi connectivity index (χ1v) is 9.77. The number of ether oxygens (including phenoxy) is 1. The Labute approximate surface area is 183 Å². The van der Waals surface area contributed by atoms with E-state index in [1.165, 1.54) is 6.07 Å². The summed E-state index contributed by atoms with van der Waals surface area (Å²) in [5.41, 5.74) is 0.101. The molecule has 1 aliphatic heterocycles. The number of benzene rings is 2. The highest BCUT2D eigenvalue weighted by Crippen LogP contribution is 2.36. The molecule has 2 aromatic carbocycles. The normalized spacial score (nSPS) is 15.3. The SMILES string of the molecule is CCOc1cc(/C=C2/C(=O)NC(=O)N(c3ccc(C(C)C)cc3)C2=O)cc([N+](=O)[O-])c1[O-]. The van der Waals surface area contributed by atoms with E-state index in [0.29, 0.717) is 0 Å². The van der Waals surface area contributed by atoms with Gasteiger partial charge in [0.2, 0.25) is 0 Å². The Hall–Kier alpha value is -4.21. The lowest BCUT2D eigenvalue weighted by molar-refractivity contribution is -0.398. The average Bonchev–Trinajstić information content (AvgIpc) is 2.73. The van der Waals surface area contributed by atoms with Gasteiger partial charge < -0.3 is 9.84 Å². The highest BCUT2D eigenvalue weighted by atomic mass is 16.6. The molecule has 0 atom stereocenters. The number of urea groups is 1. The third-order valence-electron chi connectivity index (χ3n) is 4.78. The quantitative estimate of drug-likeness (QED) is 0.316. The van der Waals surface area contributed by atoms with Gasteiger partial charge in [-0.15, -0.1) is 0 Å². The number of carbonyl (C=O) groups excluding carboxylic acids is 3. The van der Waals surface area contributed by atoms with E-state index in [9.17, 15) is 29.6 Å². The third-order valence-corrected chi connectivity index (χ3v) is 4.78. The molecule has 10 heteroatoms. The van der Waals surface area contributed by atoms with Crippen molar-refractivity contribution in [2.75, 3.05) is 11.5 Å². The maximum Gasteiger partial charge on any atom is 0.335 e. The van der Waals surface area contributed by atoms with Crippen molar-refractivity contribution in [3.63, 3.8) is 0 Å². The maximum absolute atomic E-state index is 13.0. The molecular weight excluding hydrogens is 418 g/mol. The summed E-state index contributed by atoms with van der Waals surface area (Å²) in [6.07, 6.45) is 1.08. The second-order valence-corrected chi connectivity index (χ2v) is 7.26. The summed E-state index contributed by atoms with van der Waals surface area (Å²) >= 11 is 0. The molecule has 1 aliphatic rings. The van der Waals surface area contributed by atoms with Crippen molar-refractivity contribution in [1.82, 2.24) is 5.32 Å². The highest BCUT2D eigenvalue weighted by molar-refractivity contribution is 6.39. The van der Waals surface area contributed by atoms with E-state index in [0.717, 1.165) is 22.6 Å². The molecule has 32 heavy (non-hydrogen) atoms. The number of carbonyl (C=O) groups is 3. The van der Waals surface area contributed by atoms with Crippen LogP contribution in [0.1, 0.15) is 37.8 Å². The van der Waals surface area contributed by atoms with Gasteiger partial charge in [-0.2, -0.15) is 0 Å². The summed E-state index contributed by atoms with van der Waals surface area (Å²) in [6, 6.07) is 7.94. The van der Waals surface area contributed by atoms with Gasteiger partial charge in [0.1, 0.15) is 11.3 Å². The molecule has 0 aromatic heterocycles. The van der Waals surface area contributed by atoms with E-state index in [1.54, 1.807) is 31.2 Å². The smallest absolute Gasteiger partial charge is 0.335 e. The molecular formula is C22H20N3O7-. The van der Waals surface area contributed by atoms with Gasteiger partial charge in [-0.1, -0.05) is 26.0 Å². The average molecular weight is 438 g/mol. The first-order chi connectivity index (χ1) is 15.1. The Bertz CT molecular complexity index is 1140. The molecule has 1 N–H and O–H groups in total. The molecule has 1 saturated heterocycles. The van der Waals surface area contributed by atoms with Crippen LogP contribution in [-0.2, 0) is 9.59 Å². The minimum Gasteiger partial charge on any atom is -0.865 e. The summed E-state index contributed by atoms with van der Waals surface area (Å²) < 4.78 is 5.15. The molecule has 1 fully saturated rings. The van der Waals surface area contributed by atoms with Gasteiger partial charge in [0, 0.05) is 11.8 Å². The summed E-state index contributed by atoms with van der Waals surface area (Å²) in [4.78, 5) is 48.9. The molecule has 0 saturated carbocycles. The molecule has 0 radical (unpaired) electrons. The summed E-state index contributed by atoms with van der Waals surface area (Å²) in [5, 5.41) is 25.5. The molecule has 2 aromatic rings. The molecule has 0 unspecified atom stereocenters. The Kier molecular flexibility index (Phi) is 6.24. The number of nitro groups is 1. The molecule has 3 rings (SSSR count). The van der Waals surface area contributed by atoms with Crippen LogP contribution in [0.4, 0.5) is 16.2 Å². The van der Waals surface area contributed by atoms with Gasteiger partial charge in [-0.25, -0.2) is 9.69 Å². The van der Waals surface area contributed by atoms with Crippen LogP contribution in [0.25, 0.3) is 6.08 Å². The van der Waals surface area contributed by atoms with Gasteiger partial charge in [0.15, 0.2) is 0 Å². The minimum atomic E-state index is -0.957. The van der Waals surface area contributed by atoms with Crippen molar-refractivity contribution >= 4 is 35.3 Å². The zero-order chi connectivity index (χ0) is 23.6. The van der Waals surface area contributed by atoms with E-state index in [4.69, 9.17) is 4.74 Å². The Morgan fingerprint density at radius 3 is 2.38 bits per heavy atom. The van der Waals surface area contributed by atoms with E-state index < -0.39 is 39.8 Å². The van der Waals surface area contributed by atoms with Crippen LogP contribution in [0.5, 0.6) is 11.5 Å². The molecule has 166 valence electrons. The van der Waals surface area contributed by atoms with Crippen LogP contribution in [0.3, 0.4) is 0 Å². The highest BCUT2D eigenvalue weighted by Gasteiger charge is 2.37. The first-order valence-electron chi connectivity index (χ1n) is 9.77. The number of nitrogens with zero attached hydrogens (tertiary/aromatic N) is 2. The van der Waals surface area contributed by atoms with E-state index in [2.05, 4.69) is 5.32 Å². The summed E-state index contributed by atoms with van der Waals surface area (Å²) in [6.45, 7) is 5.68. The molecule has 1 heterocycles. The molecule has 0 bridgehead atoms. The number of imide groups is 2. The van der Waals surface area contributed by atoms with Crippen LogP contribution < -0.4 is 20.1 Å². The van der Waals surface area contributed by atoms with Crippen molar-refractivity contribution in [2.24, 2.45) is 0 Å². The largest absolute Gasteiger partial charge is 0.865 e. The van der Waals surface area contributed by atoms with Crippen molar-refractivity contribution in [2.45, 2.75) is 26.7 Å². The number of anilines is 1. The number of amides is 4. The molecule has 0 aliphatic carbocycles. The number of hydrogen-bond acceptors (Lipinski definition) is 7. The second-order valence-electron chi connectivity index (χ2n) is 7.26. The monoisotopic (exact) mass is 438 g/mol. The number of nitro benzene ring substituents is 1. The predicted octanol–water partition coefficient (Wildman–Crippen LogP) is 2.86. The van der Waals surface area contributed by atoms with Crippen molar-refractivity contribution < 1.29 is 29.2 Å². The van der Waals surface area contributed by atoms with Crippen LogP contribution in [0, 0.1) is 10.1 Å². The van der Waals surface area contributed by atoms with Crippen LogP contribution >= 0.6 is 0 Å². The number of nitrogens with one attached hydrogen (secondary N) is 1. The lowest BCUT2D eigenvalue weighted by atomic mass is 10.0. The van der Waals surface area contributed by atoms with Crippen LogP contribution in [0.15, 0.2) is 42.0 Å². The topological polar surface area (TPSA) is 142 Å². The third kappa shape index (κ3) is 4.29. The van der Waals surface area contributed by atoms with Crippen LogP contribution in [-0.4, -0.2) is 29.4 Å². The number of barbiturate groups is 1. The van der Waals surface area contributed by atoms with Crippen molar-refractivity contribution in [1.29, 1.82) is 0 Å². The Balaban J connectivity index is 2.05. The van der Waals surface area contributed by atoms with Crippen LogP contribution in [0.2, 0.25) is 0 Å². The summed E-state index contributed by atoms with van der Waals surface area (Å²) in [5.74, 6) is -2.81. The maximum atomic E-state index is 13.0. The second kappa shape index (κ2) is 8.88. The predicted molar refractivity (Wildman–Crippen MR) is 113 cm³/mol. The van der Waals surface area contributed by atoms with Gasteiger partial charge >= 0.3 is 6.03 Å². The fourth-order valence-corrected chi connectivity index (χ4v) is 3.16. The molecule has 0 spiro atoms. The Morgan fingerprint density at radius 2 is 1.81 bits per heavy atom. The number of rotatable bonds is 6. The van der Waals surface area contributed by atoms with Gasteiger partial charge in [0.05, 0.1) is 17.2 Å². The summed E-state index contributed by atoms with van der Waals surface area (Å²) in [7, 11) is 0. The van der Waals surface area contributed by atoms with E-state index in [-0.39, 0.29) is 29.5 Å². The molecule has 10 nitrogen and oxygen atoms in total. The minimum absolute atomic E-state index is 0.0303. The molecule has 4 amide bonds. The van der Waals surface area contributed by atoms with Gasteiger partial charge in [-0.05, 0) is 48.2 Å². The van der Waals surface area contributed by atoms with E-state index in [1.807, 2.05) is 13.8 Å². The van der Waals surface area contributed by atoms with Gasteiger partial charge in [-0.3, -0.25) is 25.0 Å². The van der Waals surface area contributed by atoms with Gasteiger partial charge in [0.25, 0.3) is 17.5 Å². The fraction of sp³-hybridized carbons (Fsp3) is 0.227.